The molecule has 1 aromatic rings. The Morgan fingerprint density at radius 1 is 1.27 bits per heavy atom. The molecule has 0 saturated carbocycles. The van der Waals surface area contributed by atoms with E-state index in [4.69, 9.17) is 9.47 Å². The summed E-state index contributed by atoms with van der Waals surface area (Å²) in [5.74, 6) is 0.447. The largest absolute Gasteiger partial charge is 0.479 e. The van der Waals surface area contributed by atoms with Crippen LogP contribution in [0.2, 0.25) is 0 Å². The Morgan fingerprint density at radius 3 is 2.69 bits per heavy atom. The van der Waals surface area contributed by atoms with Gasteiger partial charge in [-0.05, 0) is 25.1 Å². The van der Waals surface area contributed by atoms with Crippen LogP contribution < -0.4 is 15.0 Å². The van der Waals surface area contributed by atoms with Crippen LogP contribution in [-0.2, 0) is 14.3 Å². The molecule has 1 atom stereocenters. The minimum atomic E-state index is -0.511. The number of benzene rings is 1. The number of carbonyl (C=O) groups excluding carboxylic acids is 2. The lowest BCUT2D eigenvalue weighted by Crippen LogP contribution is -2.48. The second-order valence-electron chi connectivity index (χ2n) is 7.03. The first-order valence-corrected chi connectivity index (χ1v) is 9.18. The number of rotatable bonds is 5. The van der Waals surface area contributed by atoms with Gasteiger partial charge in [0.2, 0.25) is 5.91 Å². The normalized spacial score (nSPS) is 20.7. The zero-order valence-corrected chi connectivity index (χ0v) is 15.7. The molecular weight excluding hydrogens is 334 g/mol. The molecule has 7 heteroatoms. The molecule has 3 rings (SSSR count). The van der Waals surface area contributed by atoms with Gasteiger partial charge < -0.3 is 19.7 Å². The molecule has 2 amide bonds. The number of carbonyl (C=O) groups is 2. The predicted octanol–water partition coefficient (Wildman–Crippen LogP) is 1.73. The van der Waals surface area contributed by atoms with Crippen LogP contribution in [0.15, 0.2) is 18.2 Å². The molecule has 7 nitrogen and oxygen atoms in total. The Bertz CT molecular complexity index is 671. The van der Waals surface area contributed by atoms with E-state index < -0.39 is 6.10 Å². The lowest BCUT2D eigenvalue weighted by Gasteiger charge is -2.35. The summed E-state index contributed by atoms with van der Waals surface area (Å²) < 4.78 is 11.1. The van der Waals surface area contributed by atoms with Crippen molar-refractivity contribution < 1.29 is 19.1 Å². The second kappa shape index (κ2) is 8.05. The molecule has 2 heterocycles. The van der Waals surface area contributed by atoms with Gasteiger partial charge in [0.25, 0.3) is 5.91 Å². The fraction of sp³-hybridized carbons (Fsp3) is 0.579. The van der Waals surface area contributed by atoms with E-state index in [0.717, 1.165) is 32.8 Å². The van der Waals surface area contributed by atoms with E-state index in [1.807, 2.05) is 32.0 Å². The maximum absolute atomic E-state index is 12.7. The van der Waals surface area contributed by atoms with Crippen LogP contribution >= 0.6 is 0 Å². The molecule has 0 spiro atoms. The van der Waals surface area contributed by atoms with Crippen molar-refractivity contribution in [3.05, 3.63) is 18.2 Å². The summed E-state index contributed by atoms with van der Waals surface area (Å²) in [6, 6.07) is 5.44. The summed E-state index contributed by atoms with van der Waals surface area (Å²) in [4.78, 5) is 28.7. The topological polar surface area (TPSA) is 71.1 Å². The summed E-state index contributed by atoms with van der Waals surface area (Å²) in [7, 11) is 0. The van der Waals surface area contributed by atoms with E-state index in [9.17, 15) is 9.59 Å². The van der Waals surface area contributed by atoms with E-state index >= 15 is 0 Å². The first kappa shape index (κ1) is 18.7. The molecule has 1 unspecified atom stereocenters. The lowest BCUT2D eigenvalue weighted by molar-refractivity contribution is -0.125. The molecule has 2 aliphatic heterocycles. The van der Waals surface area contributed by atoms with Gasteiger partial charge in [-0.25, -0.2) is 0 Å². The predicted molar refractivity (Wildman–Crippen MR) is 99.6 cm³/mol. The summed E-state index contributed by atoms with van der Waals surface area (Å²) in [5, 5.41) is 2.88. The molecule has 0 bridgehead atoms. The van der Waals surface area contributed by atoms with E-state index in [1.165, 1.54) is 0 Å². The van der Waals surface area contributed by atoms with Gasteiger partial charge in [0.05, 0.1) is 18.9 Å². The quantitative estimate of drug-likeness (QED) is 0.865. The van der Waals surface area contributed by atoms with Crippen LogP contribution in [-0.4, -0.2) is 62.2 Å². The third-order valence-electron chi connectivity index (χ3n) is 4.70. The van der Waals surface area contributed by atoms with E-state index in [0.29, 0.717) is 23.7 Å². The summed E-state index contributed by atoms with van der Waals surface area (Å²) >= 11 is 0. The molecule has 0 aliphatic carbocycles. The maximum Gasteiger partial charge on any atom is 0.267 e. The zero-order valence-electron chi connectivity index (χ0n) is 15.7. The summed E-state index contributed by atoms with van der Waals surface area (Å²) in [6.45, 7) is 10.0. The van der Waals surface area contributed by atoms with Gasteiger partial charge in [-0.15, -0.1) is 0 Å². The number of nitrogens with zero attached hydrogens (tertiary/aromatic N) is 2. The molecular formula is C19H27N3O4. The number of anilines is 2. The molecule has 1 aromatic carbocycles. The number of fused-ring (bicyclic) bond motifs is 1. The SMILES string of the molecule is CC(C)C(=O)Nc1ccc2c(c1)N(CCN1CCOCC1)C(=O)C(C)O2. The molecule has 26 heavy (non-hydrogen) atoms. The van der Waals surface area contributed by atoms with Crippen molar-refractivity contribution in [3.8, 4) is 5.75 Å². The van der Waals surface area contributed by atoms with E-state index in [1.54, 1.807) is 11.8 Å². The Hall–Kier alpha value is -2.12. The van der Waals surface area contributed by atoms with Gasteiger partial charge in [0, 0.05) is 37.8 Å². The molecule has 0 aromatic heterocycles. The highest BCUT2D eigenvalue weighted by Gasteiger charge is 2.32. The van der Waals surface area contributed by atoms with Gasteiger partial charge >= 0.3 is 0 Å². The van der Waals surface area contributed by atoms with Gasteiger partial charge in [0.15, 0.2) is 6.10 Å². The highest BCUT2D eigenvalue weighted by Crippen LogP contribution is 2.36. The van der Waals surface area contributed by atoms with Crippen LogP contribution in [0.5, 0.6) is 5.75 Å². The number of hydrogen-bond donors (Lipinski definition) is 1. The second-order valence-corrected chi connectivity index (χ2v) is 7.03. The summed E-state index contributed by atoms with van der Waals surface area (Å²) in [5.41, 5.74) is 1.38. The van der Waals surface area contributed by atoms with Crippen LogP contribution in [0.25, 0.3) is 0 Å². The van der Waals surface area contributed by atoms with Gasteiger partial charge in [0.1, 0.15) is 5.75 Å². The zero-order chi connectivity index (χ0) is 18.7. The van der Waals surface area contributed by atoms with Crippen molar-refractivity contribution in [1.82, 2.24) is 4.90 Å². The Balaban J connectivity index is 1.78. The fourth-order valence-corrected chi connectivity index (χ4v) is 3.07. The van der Waals surface area contributed by atoms with Crippen LogP contribution in [0, 0.1) is 5.92 Å². The highest BCUT2D eigenvalue weighted by atomic mass is 16.5. The minimum Gasteiger partial charge on any atom is -0.479 e. The average Bonchev–Trinajstić information content (AvgIpc) is 2.63. The minimum absolute atomic E-state index is 0.0544. The Kier molecular flexibility index (Phi) is 5.78. The monoisotopic (exact) mass is 361 g/mol. The summed E-state index contributed by atoms with van der Waals surface area (Å²) in [6.07, 6.45) is -0.511. The Morgan fingerprint density at radius 2 is 2.00 bits per heavy atom. The van der Waals surface area contributed by atoms with Crippen molar-refractivity contribution in [3.63, 3.8) is 0 Å². The third-order valence-corrected chi connectivity index (χ3v) is 4.70. The smallest absolute Gasteiger partial charge is 0.267 e. The molecule has 1 N–H and O–H groups in total. The molecule has 1 saturated heterocycles. The maximum atomic E-state index is 12.7. The van der Waals surface area contributed by atoms with E-state index in [2.05, 4.69) is 10.2 Å². The van der Waals surface area contributed by atoms with Crippen LogP contribution in [0.3, 0.4) is 0 Å². The van der Waals surface area contributed by atoms with Crippen molar-refractivity contribution in [2.45, 2.75) is 26.9 Å². The average molecular weight is 361 g/mol. The highest BCUT2D eigenvalue weighted by molar-refractivity contribution is 6.01. The molecule has 1 fully saturated rings. The standard InChI is InChI=1S/C19H27N3O4/c1-13(2)18(23)20-15-4-5-17-16(12-15)22(19(24)14(3)26-17)7-6-21-8-10-25-11-9-21/h4-5,12-14H,6-11H2,1-3H3,(H,20,23). The van der Waals surface area contributed by atoms with Crippen LogP contribution in [0.1, 0.15) is 20.8 Å². The van der Waals surface area contributed by atoms with Crippen molar-refractivity contribution in [2.24, 2.45) is 5.92 Å². The number of ether oxygens (including phenoxy) is 2. The fourth-order valence-electron chi connectivity index (χ4n) is 3.07. The number of nitrogens with one attached hydrogen (secondary N) is 1. The van der Waals surface area contributed by atoms with Crippen molar-refractivity contribution in [1.29, 1.82) is 0 Å². The molecule has 142 valence electrons. The van der Waals surface area contributed by atoms with Gasteiger partial charge in [-0.1, -0.05) is 13.8 Å². The van der Waals surface area contributed by atoms with Crippen molar-refractivity contribution in [2.75, 3.05) is 49.6 Å². The first-order chi connectivity index (χ1) is 12.5. The number of hydrogen-bond acceptors (Lipinski definition) is 5. The van der Waals surface area contributed by atoms with Gasteiger partial charge in [-0.2, -0.15) is 0 Å². The lowest BCUT2D eigenvalue weighted by atomic mass is 10.1. The van der Waals surface area contributed by atoms with Gasteiger partial charge in [-0.3, -0.25) is 14.5 Å². The number of morpholine rings is 1. The first-order valence-electron chi connectivity index (χ1n) is 9.18. The Labute approximate surface area is 154 Å². The molecule has 0 radical (unpaired) electrons. The van der Waals surface area contributed by atoms with Crippen molar-refractivity contribution >= 4 is 23.2 Å². The third kappa shape index (κ3) is 4.16. The number of amides is 2. The van der Waals surface area contributed by atoms with E-state index in [-0.39, 0.29) is 17.7 Å². The van der Waals surface area contributed by atoms with Crippen LogP contribution in [0.4, 0.5) is 11.4 Å². The molecule has 2 aliphatic rings.